The van der Waals surface area contributed by atoms with Crippen molar-refractivity contribution in [2.45, 2.75) is 42.8 Å². The number of rotatable bonds is 2. The lowest BCUT2D eigenvalue weighted by Gasteiger charge is -2.43. The number of alkyl halides is 6. The van der Waals surface area contributed by atoms with E-state index in [-0.39, 0.29) is 11.8 Å². The summed E-state index contributed by atoms with van der Waals surface area (Å²) in [6, 6.07) is 16.2. The van der Waals surface area contributed by atoms with Gasteiger partial charge in [-0.15, -0.1) is 0 Å². The summed E-state index contributed by atoms with van der Waals surface area (Å²) >= 11 is 0. The quantitative estimate of drug-likeness (QED) is 0.492. The minimum absolute atomic E-state index is 0.177. The van der Waals surface area contributed by atoms with Crippen molar-refractivity contribution in [1.29, 1.82) is 0 Å². The minimum atomic E-state index is -5.72. The van der Waals surface area contributed by atoms with Gasteiger partial charge in [0.2, 0.25) is 11.8 Å². The maximum Gasteiger partial charge on any atom is 0.380 e. The molecule has 2 aromatic rings. The number of ether oxygens (including phenoxy) is 2. The van der Waals surface area contributed by atoms with Crippen LogP contribution in [0.3, 0.4) is 0 Å². The molecular weight excluding hydrogens is 474 g/mol. The average Bonchev–Trinajstić information content (AvgIpc) is 3.40. The number of allylic oxidation sites excluding steroid dienone is 2. The third kappa shape index (κ3) is 2.39. The van der Waals surface area contributed by atoms with E-state index in [1.54, 1.807) is 60.7 Å². The lowest BCUT2D eigenvalue weighted by Crippen LogP contribution is -2.56. The Morgan fingerprint density at radius 2 is 0.914 bits per heavy atom. The topological polar surface area (TPSA) is 43.2 Å². The van der Waals surface area contributed by atoms with Crippen molar-refractivity contribution in [3.8, 4) is 0 Å². The Balaban J connectivity index is 1.68. The summed E-state index contributed by atoms with van der Waals surface area (Å²) in [7, 11) is 0. The van der Waals surface area contributed by atoms with Crippen LogP contribution in [0.25, 0.3) is 0 Å². The number of hydrogen-bond donors (Lipinski definition) is 0. The zero-order valence-corrected chi connectivity index (χ0v) is 18.3. The van der Waals surface area contributed by atoms with Crippen LogP contribution in [0.15, 0.2) is 93.2 Å². The van der Waals surface area contributed by atoms with E-state index in [0.717, 1.165) is 0 Å². The Kier molecular flexibility index (Phi) is 3.98. The highest BCUT2D eigenvalue weighted by Crippen LogP contribution is 2.69. The summed E-state index contributed by atoms with van der Waals surface area (Å²) in [5.41, 5.74) is -7.84. The van der Waals surface area contributed by atoms with E-state index in [4.69, 9.17) is 9.47 Å². The molecule has 4 aliphatic rings. The normalized spacial score (nSPS) is 31.2. The number of hydrogen-bond acceptors (Lipinski definition) is 4. The van der Waals surface area contributed by atoms with Gasteiger partial charge in [0, 0.05) is 11.1 Å². The van der Waals surface area contributed by atoms with E-state index < -0.39 is 51.5 Å². The van der Waals surface area contributed by atoms with Crippen LogP contribution in [0.1, 0.15) is 25.0 Å². The summed E-state index contributed by atoms with van der Waals surface area (Å²) in [5.74, 6) is -16.5. The van der Waals surface area contributed by atoms with Gasteiger partial charge in [0.15, 0.2) is 11.2 Å². The molecule has 0 bridgehead atoms. The van der Waals surface area contributed by atoms with E-state index in [2.05, 4.69) is 9.98 Å². The molecule has 35 heavy (non-hydrogen) atoms. The maximum atomic E-state index is 15.2. The van der Waals surface area contributed by atoms with Crippen molar-refractivity contribution in [1.82, 2.24) is 0 Å². The molecule has 2 aliphatic heterocycles. The second-order valence-corrected chi connectivity index (χ2v) is 9.01. The van der Waals surface area contributed by atoms with Gasteiger partial charge in [-0.25, -0.2) is 9.98 Å². The Bertz CT molecular complexity index is 1290. The third-order valence-electron chi connectivity index (χ3n) is 7.02. The molecule has 0 spiro atoms. The average molecular weight is 490 g/mol. The first kappa shape index (κ1) is 21.9. The van der Waals surface area contributed by atoms with E-state index >= 15 is 17.6 Å². The number of benzene rings is 2. The van der Waals surface area contributed by atoms with Crippen LogP contribution in [0.2, 0.25) is 0 Å². The Morgan fingerprint density at radius 1 is 0.571 bits per heavy atom. The van der Waals surface area contributed by atoms with E-state index in [1.165, 1.54) is 13.8 Å². The zero-order chi connectivity index (χ0) is 25.0. The van der Waals surface area contributed by atoms with E-state index in [1.807, 2.05) is 0 Å². The Labute approximate surface area is 195 Å². The lowest BCUT2D eigenvalue weighted by molar-refractivity contribution is -0.258. The highest BCUT2D eigenvalue weighted by atomic mass is 19.3. The molecule has 2 aromatic carbocycles. The molecule has 180 valence electrons. The largest absolute Gasteiger partial charge is 0.460 e. The molecule has 0 N–H and O–H groups in total. The molecule has 2 unspecified atom stereocenters. The predicted octanol–water partition coefficient (Wildman–Crippen LogP) is 5.90. The van der Waals surface area contributed by atoms with Gasteiger partial charge in [-0.2, -0.15) is 26.3 Å². The maximum absolute atomic E-state index is 15.2. The molecule has 0 saturated heterocycles. The van der Waals surface area contributed by atoms with Gasteiger partial charge in [0.1, 0.15) is 11.4 Å². The second kappa shape index (κ2) is 6.35. The second-order valence-electron chi connectivity index (χ2n) is 9.01. The molecule has 0 aromatic heterocycles. The molecule has 0 amide bonds. The number of nitrogens with zero attached hydrogens (tertiary/aromatic N) is 2. The zero-order valence-electron chi connectivity index (χ0n) is 18.3. The molecule has 10 heteroatoms. The predicted molar refractivity (Wildman–Crippen MR) is 114 cm³/mol. The smallest absolute Gasteiger partial charge is 0.380 e. The van der Waals surface area contributed by atoms with Crippen LogP contribution in [0.5, 0.6) is 0 Å². The van der Waals surface area contributed by atoms with Gasteiger partial charge in [-0.05, 0) is 38.1 Å². The van der Waals surface area contributed by atoms with Crippen LogP contribution in [-0.4, -0.2) is 40.8 Å². The molecule has 0 radical (unpaired) electrons. The standard InChI is InChI=1S/C25H16F6N2O2/c1-21-17(32-19(34-21)13-9-5-3-6-10-13)15-16(24(28,29)25(30,31)23(15,26)27)18-22(21,2)35-20(33-18)14-11-7-4-8-12-14/h3-12H,1-2H3. The fraction of sp³-hybridized carbons (Fsp3) is 0.280. The van der Waals surface area contributed by atoms with Gasteiger partial charge in [0.25, 0.3) is 0 Å². The van der Waals surface area contributed by atoms with Crippen molar-refractivity contribution in [3.05, 3.63) is 94.3 Å². The van der Waals surface area contributed by atoms with Crippen molar-refractivity contribution in [2.75, 3.05) is 0 Å². The van der Waals surface area contributed by atoms with Crippen LogP contribution in [0.4, 0.5) is 26.3 Å². The van der Waals surface area contributed by atoms with E-state index in [9.17, 15) is 8.78 Å². The van der Waals surface area contributed by atoms with Crippen LogP contribution < -0.4 is 0 Å². The van der Waals surface area contributed by atoms with Gasteiger partial charge in [-0.3, -0.25) is 0 Å². The molecule has 6 rings (SSSR count). The lowest BCUT2D eigenvalue weighted by atomic mass is 9.72. The molecular formula is C25H16F6N2O2. The van der Waals surface area contributed by atoms with Crippen molar-refractivity contribution >= 4 is 11.8 Å². The van der Waals surface area contributed by atoms with Crippen LogP contribution in [-0.2, 0) is 9.47 Å². The van der Waals surface area contributed by atoms with Gasteiger partial charge in [0.05, 0.1) is 11.1 Å². The van der Waals surface area contributed by atoms with Gasteiger partial charge >= 0.3 is 17.8 Å². The summed E-state index contributed by atoms with van der Waals surface area (Å²) in [5, 5.41) is 0. The first-order chi connectivity index (χ1) is 16.4. The van der Waals surface area contributed by atoms with Crippen LogP contribution >= 0.6 is 0 Å². The van der Waals surface area contributed by atoms with E-state index in [0.29, 0.717) is 11.1 Å². The fourth-order valence-electron chi connectivity index (χ4n) is 4.95. The SMILES string of the molecule is CC12OC(c3ccccc3)=NC1=C1C(=C3N=C(c4ccccc4)OC32C)C(F)(F)C(F)(F)C1(F)F. The summed E-state index contributed by atoms with van der Waals surface area (Å²) < 4.78 is 102. The number of halogens is 6. The molecule has 2 aliphatic carbocycles. The summed E-state index contributed by atoms with van der Waals surface area (Å²) in [4.78, 5) is 8.17. The Morgan fingerprint density at radius 3 is 1.26 bits per heavy atom. The summed E-state index contributed by atoms with van der Waals surface area (Å²) in [6.45, 7) is 2.61. The number of aliphatic imine (C=N–C) groups is 2. The van der Waals surface area contributed by atoms with Crippen molar-refractivity contribution in [2.24, 2.45) is 9.98 Å². The summed E-state index contributed by atoms with van der Waals surface area (Å²) in [6.07, 6.45) is 0. The highest BCUT2D eigenvalue weighted by Gasteiger charge is 2.86. The molecule has 1 saturated carbocycles. The molecule has 2 heterocycles. The van der Waals surface area contributed by atoms with Crippen molar-refractivity contribution < 1.29 is 35.8 Å². The monoisotopic (exact) mass is 490 g/mol. The number of fused-ring (bicyclic) bond motifs is 4. The van der Waals surface area contributed by atoms with Crippen molar-refractivity contribution in [3.63, 3.8) is 0 Å². The first-order valence-corrected chi connectivity index (χ1v) is 10.7. The Hall–Kier alpha value is -3.56. The molecule has 1 fully saturated rings. The van der Waals surface area contributed by atoms with Gasteiger partial charge in [-0.1, -0.05) is 36.4 Å². The third-order valence-corrected chi connectivity index (χ3v) is 7.02. The molecule has 2 atom stereocenters. The minimum Gasteiger partial charge on any atom is -0.460 e. The fourth-order valence-corrected chi connectivity index (χ4v) is 4.95. The first-order valence-electron chi connectivity index (χ1n) is 10.7. The highest BCUT2D eigenvalue weighted by molar-refractivity contribution is 6.00. The van der Waals surface area contributed by atoms with Gasteiger partial charge < -0.3 is 9.47 Å². The van der Waals surface area contributed by atoms with Crippen LogP contribution in [0, 0.1) is 0 Å². The molecule has 4 nitrogen and oxygen atoms in total.